The number of hydrogen-bond donors (Lipinski definition) is 1. The van der Waals surface area contributed by atoms with Gasteiger partial charge < -0.3 is 10.0 Å². The molecular formula is C17H23FN4O. The van der Waals surface area contributed by atoms with E-state index in [-0.39, 0.29) is 12.4 Å². The molecule has 0 spiro atoms. The Labute approximate surface area is 135 Å². The molecule has 0 amide bonds. The van der Waals surface area contributed by atoms with E-state index in [1.807, 2.05) is 12.3 Å². The second-order valence-electron chi connectivity index (χ2n) is 6.11. The minimum Gasteiger partial charge on any atom is -0.396 e. The summed E-state index contributed by atoms with van der Waals surface area (Å²) in [6, 6.07) is 7.05. The minimum absolute atomic E-state index is 0.196. The zero-order chi connectivity index (χ0) is 16.2. The van der Waals surface area contributed by atoms with E-state index in [0.29, 0.717) is 12.6 Å². The predicted molar refractivity (Wildman–Crippen MR) is 86.9 cm³/mol. The lowest BCUT2D eigenvalue weighted by atomic mass is 10.1. The van der Waals surface area contributed by atoms with Crippen molar-refractivity contribution in [2.75, 3.05) is 33.3 Å². The molecule has 2 heterocycles. The van der Waals surface area contributed by atoms with Crippen LogP contribution in [0.15, 0.2) is 36.7 Å². The first kappa shape index (κ1) is 16.1. The Morgan fingerprint density at radius 3 is 2.96 bits per heavy atom. The Morgan fingerprint density at radius 1 is 1.35 bits per heavy atom. The maximum atomic E-state index is 13.7. The molecule has 1 aromatic carbocycles. The molecular weight excluding hydrogens is 295 g/mol. The van der Waals surface area contributed by atoms with Crippen molar-refractivity contribution in [2.24, 2.45) is 0 Å². The van der Waals surface area contributed by atoms with Gasteiger partial charge in [0.05, 0.1) is 5.69 Å². The lowest BCUT2D eigenvalue weighted by molar-refractivity contribution is 0.0742. The summed E-state index contributed by atoms with van der Waals surface area (Å²) in [7, 11) is 2.09. The molecule has 1 saturated heterocycles. The van der Waals surface area contributed by atoms with Gasteiger partial charge in [0.25, 0.3) is 0 Å². The normalized spacial score (nSPS) is 20.0. The molecule has 1 fully saturated rings. The first-order valence-corrected chi connectivity index (χ1v) is 7.99. The Hall–Kier alpha value is -1.76. The van der Waals surface area contributed by atoms with Gasteiger partial charge in [-0.25, -0.2) is 9.07 Å². The van der Waals surface area contributed by atoms with Crippen LogP contribution in [-0.2, 0) is 6.54 Å². The number of likely N-dealkylation sites (N-methyl/N-ethyl adjacent to an activating group) is 1. The zero-order valence-corrected chi connectivity index (χ0v) is 13.4. The van der Waals surface area contributed by atoms with E-state index in [1.54, 1.807) is 23.0 Å². The van der Waals surface area contributed by atoms with Gasteiger partial charge in [-0.15, -0.1) is 0 Å². The molecule has 124 valence electrons. The molecule has 3 rings (SSSR count). The molecule has 0 radical (unpaired) electrons. The van der Waals surface area contributed by atoms with Gasteiger partial charge in [0.2, 0.25) is 0 Å². The van der Waals surface area contributed by atoms with E-state index < -0.39 is 0 Å². The van der Waals surface area contributed by atoms with Crippen molar-refractivity contribution >= 4 is 0 Å². The average molecular weight is 318 g/mol. The second-order valence-corrected chi connectivity index (χ2v) is 6.11. The number of piperazine rings is 1. The fourth-order valence-electron chi connectivity index (χ4n) is 3.17. The van der Waals surface area contributed by atoms with E-state index >= 15 is 0 Å². The highest BCUT2D eigenvalue weighted by Gasteiger charge is 2.24. The Kier molecular flexibility index (Phi) is 5.05. The highest BCUT2D eigenvalue weighted by atomic mass is 19.1. The highest BCUT2D eigenvalue weighted by molar-refractivity contribution is 5.40. The molecule has 23 heavy (non-hydrogen) atoms. The molecule has 5 nitrogen and oxygen atoms in total. The Balaban J connectivity index is 1.78. The van der Waals surface area contributed by atoms with Gasteiger partial charge in [0.15, 0.2) is 0 Å². The van der Waals surface area contributed by atoms with Crippen LogP contribution in [0.3, 0.4) is 0 Å². The number of aliphatic hydroxyl groups excluding tert-OH is 1. The molecule has 1 N–H and O–H groups in total. The van der Waals surface area contributed by atoms with Crippen LogP contribution >= 0.6 is 0 Å². The van der Waals surface area contributed by atoms with Crippen molar-refractivity contribution in [1.29, 1.82) is 0 Å². The van der Waals surface area contributed by atoms with Gasteiger partial charge in [-0.2, -0.15) is 5.10 Å². The van der Waals surface area contributed by atoms with Gasteiger partial charge >= 0.3 is 0 Å². The predicted octanol–water partition coefficient (Wildman–Crippen LogP) is 1.51. The van der Waals surface area contributed by atoms with Crippen molar-refractivity contribution in [3.8, 4) is 5.69 Å². The Bertz CT molecular complexity index is 632. The summed E-state index contributed by atoms with van der Waals surface area (Å²) >= 11 is 0. The number of benzene rings is 1. The number of hydrogen-bond acceptors (Lipinski definition) is 4. The maximum Gasteiger partial charge on any atom is 0.123 e. The van der Waals surface area contributed by atoms with E-state index in [2.05, 4.69) is 21.9 Å². The molecule has 6 heteroatoms. The third-order valence-electron chi connectivity index (χ3n) is 4.51. The van der Waals surface area contributed by atoms with Gasteiger partial charge in [0, 0.05) is 51.2 Å². The molecule has 1 unspecified atom stereocenters. The third-order valence-corrected chi connectivity index (χ3v) is 4.51. The summed E-state index contributed by atoms with van der Waals surface area (Å²) in [6.45, 7) is 3.65. The molecule has 0 aliphatic carbocycles. The van der Waals surface area contributed by atoms with E-state index in [4.69, 9.17) is 0 Å². The molecule has 2 aromatic rings. The molecule has 1 aromatic heterocycles. The molecule has 0 saturated carbocycles. The van der Waals surface area contributed by atoms with E-state index in [9.17, 15) is 9.50 Å². The van der Waals surface area contributed by atoms with Gasteiger partial charge in [-0.1, -0.05) is 0 Å². The van der Waals surface area contributed by atoms with Crippen LogP contribution in [0.25, 0.3) is 5.69 Å². The summed E-state index contributed by atoms with van der Waals surface area (Å²) in [5.74, 6) is -0.225. The lowest BCUT2D eigenvalue weighted by Gasteiger charge is -2.39. The quantitative estimate of drug-likeness (QED) is 0.908. The molecule has 1 aliphatic heterocycles. The topological polar surface area (TPSA) is 44.5 Å². The summed E-state index contributed by atoms with van der Waals surface area (Å²) in [5, 5.41) is 13.5. The highest BCUT2D eigenvalue weighted by Crippen LogP contribution is 2.20. The first-order chi connectivity index (χ1) is 11.2. The van der Waals surface area contributed by atoms with Crippen molar-refractivity contribution in [2.45, 2.75) is 19.0 Å². The van der Waals surface area contributed by atoms with Crippen molar-refractivity contribution < 1.29 is 9.50 Å². The molecule has 1 aliphatic rings. The minimum atomic E-state index is -0.225. The summed E-state index contributed by atoms with van der Waals surface area (Å²) in [4.78, 5) is 4.61. The standard InChI is InChI=1S/C17H23FN4O/c1-20-8-9-21(13-16(20)5-10-23)12-14-11-15(18)3-4-17(14)22-7-2-6-19-22/h2-4,6-7,11,16,23H,5,8-10,12-13H2,1H3. The van der Waals surface area contributed by atoms with Crippen LogP contribution in [-0.4, -0.2) is 64.0 Å². The number of rotatable bonds is 5. The van der Waals surface area contributed by atoms with Gasteiger partial charge in [0.1, 0.15) is 5.82 Å². The van der Waals surface area contributed by atoms with Crippen LogP contribution < -0.4 is 0 Å². The average Bonchev–Trinajstić information content (AvgIpc) is 3.05. The van der Waals surface area contributed by atoms with Gasteiger partial charge in [-0.05, 0) is 43.3 Å². The summed E-state index contributed by atoms with van der Waals surface area (Å²) in [6.07, 6.45) is 4.36. The van der Waals surface area contributed by atoms with Crippen molar-refractivity contribution in [1.82, 2.24) is 19.6 Å². The third kappa shape index (κ3) is 3.77. The fourth-order valence-corrected chi connectivity index (χ4v) is 3.17. The van der Waals surface area contributed by atoms with Crippen LogP contribution in [0.5, 0.6) is 0 Å². The maximum absolute atomic E-state index is 13.7. The summed E-state index contributed by atoms with van der Waals surface area (Å²) < 4.78 is 15.5. The first-order valence-electron chi connectivity index (χ1n) is 7.99. The smallest absolute Gasteiger partial charge is 0.123 e. The number of aliphatic hydroxyl groups is 1. The second kappa shape index (κ2) is 7.21. The fraction of sp³-hybridized carbons (Fsp3) is 0.471. The monoisotopic (exact) mass is 318 g/mol. The van der Waals surface area contributed by atoms with Crippen molar-refractivity contribution in [3.05, 3.63) is 48.0 Å². The van der Waals surface area contributed by atoms with Crippen LogP contribution in [0.2, 0.25) is 0 Å². The largest absolute Gasteiger partial charge is 0.396 e. The van der Waals surface area contributed by atoms with E-state index in [1.165, 1.54) is 6.07 Å². The number of nitrogens with zero attached hydrogens (tertiary/aromatic N) is 4. The SMILES string of the molecule is CN1CCN(Cc2cc(F)ccc2-n2cccn2)CC1CCO. The summed E-state index contributed by atoms with van der Waals surface area (Å²) in [5.41, 5.74) is 1.84. The Morgan fingerprint density at radius 2 is 2.22 bits per heavy atom. The number of halogens is 1. The number of aromatic nitrogens is 2. The van der Waals surface area contributed by atoms with Crippen molar-refractivity contribution in [3.63, 3.8) is 0 Å². The van der Waals surface area contributed by atoms with Crippen LogP contribution in [0.1, 0.15) is 12.0 Å². The molecule has 1 atom stereocenters. The lowest BCUT2D eigenvalue weighted by Crippen LogP contribution is -2.51. The van der Waals surface area contributed by atoms with Crippen LogP contribution in [0.4, 0.5) is 4.39 Å². The van der Waals surface area contributed by atoms with Crippen LogP contribution in [0, 0.1) is 5.82 Å². The van der Waals surface area contributed by atoms with Gasteiger partial charge in [-0.3, -0.25) is 4.90 Å². The zero-order valence-electron chi connectivity index (χ0n) is 13.4. The molecule has 0 bridgehead atoms. The van der Waals surface area contributed by atoms with E-state index in [0.717, 1.165) is 37.3 Å².